The van der Waals surface area contributed by atoms with Gasteiger partial charge in [0, 0.05) is 25.1 Å². The molecule has 0 saturated heterocycles. The number of thioether (sulfide) groups is 1. The number of carboxylic acid groups (broad SMARTS) is 1. The van der Waals surface area contributed by atoms with Crippen LogP contribution in [-0.4, -0.2) is 54.7 Å². The second kappa shape index (κ2) is 12.8. The minimum absolute atomic E-state index is 0.222. The standard InChI is InChI=1S/C23H31N3O5S2/c1-16(21(27)28)15-32-20-13-24-22(33-20)25-23(29)26(14-17-5-3-4-6-17)18-7-9-19(10-8-18)31-12-11-30-2/h7-10,13,16-17H,3-6,11-12,14-15H2,1-2H3,(H,27,28)(H,24,25,29). The van der Waals surface area contributed by atoms with Gasteiger partial charge < -0.3 is 14.6 Å². The lowest BCUT2D eigenvalue weighted by Gasteiger charge is -2.26. The number of nitrogens with one attached hydrogen (secondary N) is 1. The van der Waals surface area contributed by atoms with E-state index in [0.29, 0.717) is 36.6 Å². The lowest BCUT2D eigenvalue weighted by molar-refractivity contribution is -0.140. The highest BCUT2D eigenvalue weighted by molar-refractivity contribution is 8.01. The zero-order chi connectivity index (χ0) is 23.6. The molecule has 1 aromatic carbocycles. The van der Waals surface area contributed by atoms with E-state index in [1.807, 2.05) is 24.3 Å². The van der Waals surface area contributed by atoms with Crippen LogP contribution in [0.15, 0.2) is 34.7 Å². The number of nitrogens with zero attached hydrogens (tertiary/aromatic N) is 2. The highest BCUT2D eigenvalue weighted by Gasteiger charge is 2.24. The number of carbonyl (C=O) groups excluding carboxylic acids is 1. The first-order valence-electron chi connectivity index (χ1n) is 11.1. The Morgan fingerprint density at radius 2 is 2.00 bits per heavy atom. The molecule has 10 heteroatoms. The number of carbonyl (C=O) groups is 2. The number of ether oxygens (including phenoxy) is 2. The van der Waals surface area contributed by atoms with Crippen molar-refractivity contribution in [3.63, 3.8) is 0 Å². The van der Waals surface area contributed by atoms with Crippen molar-refractivity contribution in [2.75, 3.05) is 42.8 Å². The summed E-state index contributed by atoms with van der Waals surface area (Å²) in [6.45, 7) is 3.31. The summed E-state index contributed by atoms with van der Waals surface area (Å²) in [6.07, 6.45) is 6.33. The average molecular weight is 494 g/mol. The molecular formula is C23H31N3O5S2. The zero-order valence-electron chi connectivity index (χ0n) is 19.0. The SMILES string of the molecule is COCCOc1ccc(N(CC2CCCC2)C(=O)Nc2ncc(SCC(C)C(=O)O)s2)cc1. The van der Waals surface area contributed by atoms with Crippen molar-refractivity contribution in [2.45, 2.75) is 36.8 Å². The summed E-state index contributed by atoms with van der Waals surface area (Å²) in [5.74, 6) is 0.400. The largest absolute Gasteiger partial charge is 0.491 e. The Labute approximate surface area is 202 Å². The molecule has 1 unspecified atom stereocenters. The molecule has 1 aromatic heterocycles. The molecule has 8 nitrogen and oxygen atoms in total. The molecule has 0 aliphatic heterocycles. The van der Waals surface area contributed by atoms with Gasteiger partial charge in [-0.3, -0.25) is 15.0 Å². The number of aliphatic carboxylic acids is 1. The maximum absolute atomic E-state index is 13.2. The molecule has 1 heterocycles. The first kappa shape index (κ1) is 25.3. The van der Waals surface area contributed by atoms with Crippen LogP contribution in [0.1, 0.15) is 32.6 Å². The Bertz CT molecular complexity index is 900. The second-order valence-electron chi connectivity index (χ2n) is 8.06. The molecule has 2 aromatic rings. The van der Waals surface area contributed by atoms with Gasteiger partial charge in [-0.25, -0.2) is 9.78 Å². The summed E-state index contributed by atoms with van der Waals surface area (Å²) in [5, 5.41) is 12.5. The van der Waals surface area contributed by atoms with Crippen LogP contribution in [0, 0.1) is 11.8 Å². The number of methoxy groups -OCH3 is 1. The molecule has 1 fully saturated rings. The maximum Gasteiger partial charge on any atom is 0.328 e. The van der Waals surface area contributed by atoms with Crippen molar-refractivity contribution in [3.05, 3.63) is 30.5 Å². The van der Waals surface area contributed by atoms with Crippen molar-refractivity contribution in [3.8, 4) is 5.75 Å². The molecule has 1 saturated carbocycles. The molecule has 0 spiro atoms. The Morgan fingerprint density at radius 1 is 1.27 bits per heavy atom. The number of hydrogen-bond donors (Lipinski definition) is 2. The summed E-state index contributed by atoms with van der Waals surface area (Å²) >= 11 is 2.79. The molecule has 2 N–H and O–H groups in total. The van der Waals surface area contributed by atoms with Crippen LogP contribution in [0.3, 0.4) is 0 Å². The van der Waals surface area contributed by atoms with E-state index in [0.717, 1.165) is 28.5 Å². The van der Waals surface area contributed by atoms with Crippen LogP contribution in [0.2, 0.25) is 0 Å². The first-order chi connectivity index (χ1) is 16.0. The van der Waals surface area contributed by atoms with Crippen LogP contribution in [0.4, 0.5) is 15.6 Å². The average Bonchev–Trinajstić information content (AvgIpc) is 3.48. The molecular weight excluding hydrogens is 462 g/mol. The van der Waals surface area contributed by atoms with Gasteiger partial charge in [-0.2, -0.15) is 0 Å². The van der Waals surface area contributed by atoms with Crippen molar-refractivity contribution >= 4 is 45.9 Å². The fraction of sp³-hybridized carbons (Fsp3) is 0.522. The van der Waals surface area contributed by atoms with Crippen molar-refractivity contribution in [1.82, 2.24) is 4.98 Å². The van der Waals surface area contributed by atoms with Crippen molar-refractivity contribution in [1.29, 1.82) is 0 Å². The normalized spacial score (nSPS) is 14.7. The van der Waals surface area contributed by atoms with E-state index in [-0.39, 0.29) is 6.03 Å². The number of thiazole rings is 1. The van der Waals surface area contributed by atoms with Crippen LogP contribution in [0.5, 0.6) is 5.75 Å². The molecule has 0 bridgehead atoms. The Morgan fingerprint density at radius 3 is 2.67 bits per heavy atom. The Hall–Kier alpha value is -2.30. The lowest BCUT2D eigenvalue weighted by atomic mass is 10.1. The summed E-state index contributed by atoms with van der Waals surface area (Å²) in [5.41, 5.74) is 0.805. The van der Waals surface area contributed by atoms with Gasteiger partial charge in [0.2, 0.25) is 0 Å². The third-order valence-corrected chi connectivity index (χ3v) is 7.83. The van der Waals surface area contributed by atoms with Gasteiger partial charge in [0.1, 0.15) is 12.4 Å². The van der Waals surface area contributed by atoms with Gasteiger partial charge in [0.25, 0.3) is 0 Å². The summed E-state index contributed by atoms with van der Waals surface area (Å²) < 4.78 is 11.5. The predicted octanol–water partition coefficient (Wildman–Crippen LogP) is 5.21. The number of anilines is 2. The number of hydrogen-bond acceptors (Lipinski definition) is 7. The van der Waals surface area contributed by atoms with E-state index in [2.05, 4.69) is 10.3 Å². The van der Waals surface area contributed by atoms with E-state index in [9.17, 15) is 9.59 Å². The van der Waals surface area contributed by atoms with E-state index < -0.39 is 11.9 Å². The monoisotopic (exact) mass is 493 g/mol. The van der Waals surface area contributed by atoms with Crippen LogP contribution >= 0.6 is 23.1 Å². The Kier molecular flexibility index (Phi) is 9.83. The third-order valence-electron chi connectivity index (χ3n) is 5.46. The molecule has 180 valence electrons. The maximum atomic E-state index is 13.2. The van der Waals surface area contributed by atoms with E-state index in [1.54, 1.807) is 25.1 Å². The molecule has 1 aliphatic carbocycles. The smallest absolute Gasteiger partial charge is 0.328 e. The number of rotatable bonds is 12. The predicted molar refractivity (Wildman–Crippen MR) is 132 cm³/mol. The minimum Gasteiger partial charge on any atom is -0.491 e. The van der Waals surface area contributed by atoms with Crippen LogP contribution in [-0.2, 0) is 9.53 Å². The number of benzene rings is 1. The summed E-state index contributed by atoms with van der Waals surface area (Å²) in [4.78, 5) is 30.3. The van der Waals surface area contributed by atoms with E-state index in [4.69, 9.17) is 14.6 Å². The van der Waals surface area contributed by atoms with Gasteiger partial charge in [-0.1, -0.05) is 31.1 Å². The van der Waals surface area contributed by atoms with E-state index in [1.165, 1.54) is 35.9 Å². The quantitative estimate of drug-likeness (QED) is 0.309. The van der Waals surface area contributed by atoms with Gasteiger partial charge in [0.05, 0.1) is 22.9 Å². The molecule has 0 radical (unpaired) electrons. The van der Waals surface area contributed by atoms with Gasteiger partial charge >= 0.3 is 12.0 Å². The fourth-order valence-electron chi connectivity index (χ4n) is 3.54. The molecule has 1 aliphatic rings. The summed E-state index contributed by atoms with van der Waals surface area (Å²) in [7, 11) is 1.63. The van der Waals surface area contributed by atoms with E-state index >= 15 is 0 Å². The van der Waals surface area contributed by atoms with Gasteiger partial charge in [-0.15, -0.1) is 11.8 Å². The topological polar surface area (TPSA) is 101 Å². The second-order valence-corrected chi connectivity index (χ2v) is 10.4. The molecule has 1 atom stereocenters. The van der Waals surface area contributed by atoms with Gasteiger partial charge in [0.15, 0.2) is 5.13 Å². The van der Waals surface area contributed by atoms with Gasteiger partial charge in [-0.05, 0) is 43.0 Å². The number of amides is 2. The number of urea groups is 1. The molecule has 33 heavy (non-hydrogen) atoms. The summed E-state index contributed by atoms with van der Waals surface area (Å²) in [6, 6.07) is 7.29. The lowest BCUT2D eigenvalue weighted by Crippen LogP contribution is -2.38. The van der Waals surface area contributed by atoms with Crippen LogP contribution < -0.4 is 15.0 Å². The first-order valence-corrected chi connectivity index (χ1v) is 12.9. The van der Waals surface area contributed by atoms with Crippen molar-refractivity contribution < 1.29 is 24.2 Å². The number of aromatic nitrogens is 1. The molecule has 3 rings (SSSR count). The van der Waals surface area contributed by atoms with Crippen LogP contribution in [0.25, 0.3) is 0 Å². The third kappa shape index (κ3) is 7.90. The minimum atomic E-state index is -0.821. The molecule has 2 amide bonds. The fourth-order valence-corrected chi connectivity index (χ4v) is 5.44. The van der Waals surface area contributed by atoms with Crippen molar-refractivity contribution in [2.24, 2.45) is 11.8 Å². The Balaban J connectivity index is 1.65. The highest BCUT2D eigenvalue weighted by atomic mass is 32.2. The number of carboxylic acids is 1. The highest BCUT2D eigenvalue weighted by Crippen LogP contribution is 2.31. The zero-order valence-corrected chi connectivity index (χ0v) is 20.6.